The topological polar surface area (TPSA) is 250 Å². The van der Waals surface area contributed by atoms with Gasteiger partial charge < -0.3 is 36.7 Å². The van der Waals surface area contributed by atoms with Gasteiger partial charge in [-0.05, 0) is 12.0 Å². The van der Waals surface area contributed by atoms with E-state index in [1.807, 2.05) is 4.90 Å². The molecule has 0 bridgehead atoms. The third-order valence-corrected chi connectivity index (χ3v) is 9.36. The lowest BCUT2D eigenvalue weighted by atomic mass is 10.0. The van der Waals surface area contributed by atoms with Crippen molar-refractivity contribution in [1.29, 1.82) is 5.41 Å². The molecule has 1 saturated heterocycles. The predicted molar refractivity (Wildman–Crippen MR) is 158 cm³/mol. The number of nitrogens with one attached hydrogen (secondary N) is 2. The normalized spacial score (nSPS) is 22.4. The third-order valence-electron chi connectivity index (χ3n) is 6.27. The minimum absolute atomic E-state index is 0.0251. The van der Waals surface area contributed by atoms with Gasteiger partial charge in [-0.2, -0.15) is 0 Å². The van der Waals surface area contributed by atoms with E-state index in [-0.39, 0.29) is 39.6 Å². The number of hydrogen-bond donors (Lipinski definition) is 6. The number of carboxylic acids is 2. The van der Waals surface area contributed by atoms with Crippen LogP contribution in [0.25, 0.3) is 0 Å². The fourth-order valence-corrected chi connectivity index (χ4v) is 7.42. The Balaban J connectivity index is 1.48. The lowest BCUT2D eigenvalue weighted by Crippen LogP contribution is -2.71. The average Bonchev–Trinajstić information content (AvgIpc) is 3.36. The number of aliphatic carboxylic acids is 2. The zero-order valence-electron chi connectivity index (χ0n) is 22.3. The molecule has 8 N–H and O–H groups in total. The highest BCUT2D eigenvalue weighted by Crippen LogP contribution is 2.41. The molecule has 0 saturated carbocycles. The molecule has 1 fully saturated rings. The van der Waals surface area contributed by atoms with Gasteiger partial charge in [-0.25, -0.2) is 19.6 Å². The number of thioether (sulfide) groups is 2. The van der Waals surface area contributed by atoms with Crippen molar-refractivity contribution in [2.24, 2.45) is 15.9 Å². The van der Waals surface area contributed by atoms with Gasteiger partial charge in [0.2, 0.25) is 6.61 Å². The Bertz CT molecular complexity index is 1380. The minimum atomic E-state index is -1.31. The van der Waals surface area contributed by atoms with Crippen molar-refractivity contribution >= 4 is 80.5 Å². The van der Waals surface area contributed by atoms with Crippen LogP contribution < -0.4 is 16.8 Å². The number of carbonyl (C=O) groups excluding carboxylic acids is 2. The molecule has 19 heteroatoms. The number of rotatable bonds is 12. The SMILES string of the molecule is CCCCN1C(SCC2=C(C(=O)O)N3C(=O)C(NC(=O)C(=NOCC(=O)O)c4csc(N)n4)[C@@H]3SC2)=NC(=N)CC1N. The van der Waals surface area contributed by atoms with Crippen molar-refractivity contribution in [3.05, 3.63) is 22.3 Å². The number of aliphatic imine (C=N–C) groups is 1. The zero-order valence-corrected chi connectivity index (χ0v) is 24.8. The number of β-lactam (4-membered cyclic amide) rings is 1. The second kappa shape index (κ2) is 13.5. The Hall–Kier alpha value is -3.68. The first-order chi connectivity index (χ1) is 20.0. The Morgan fingerprint density at radius 2 is 2.12 bits per heavy atom. The Morgan fingerprint density at radius 1 is 1.36 bits per heavy atom. The number of nitrogen functional groups attached to an aromatic ring is 1. The highest BCUT2D eigenvalue weighted by atomic mass is 32.2. The number of hydrogen-bond acceptors (Lipinski definition) is 14. The number of amidine groups is 2. The molecular weight excluding hydrogens is 611 g/mol. The lowest BCUT2D eigenvalue weighted by molar-refractivity contribution is -0.150. The van der Waals surface area contributed by atoms with Crippen molar-refractivity contribution in [1.82, 2.24) is 20.1 Å². The van der Waals surface area contributed by atoms with E-state index in [0.717, 1.165) is 29.1 Å². The van der Waals surface area contributed by atoms with E-state index in [1.165, 1.54) is 28.9 Å². The summed E-state index contributed by atoms with van der Waals surface area (Å²) in [6.45, 7) is 1.90. The van der Waals surface area contributed by atoms with E-state index >= 15 is 0 Å². The van der Waals surface area contributed by atoms with Crippen LogP contribution in [0.2, 0.25) is 0 Å². The summed E-state index contributed by atoms with van der Waals surface area (Å²) in [7, 11) is 0. The summed E-state index contributed by atoms with van der Waals surface area (Å²) in [5.41, 5.74) is 11.9. The fraction of sp³-hybridized carbons (Fsp3) is 0.478. The molecule has 3 atom stereocenters. The maximum absolute atomic E-state index is 13.2. The summed E-state index contributed by atoms with van der Waals surface area (Å²) in [6.07, 6.45) is 1.75. The van der Waals surface area contributed by atoms with Crippen LogP contribution in [-0.4, -0.2) is 108 Å². The third kappa shape index (κ3) is 6.85. The maximum Gasteiger partial charge on any atom is 0.352 e. The second-order valence-corrected chi connectivity index (χ2v) is 12.2. The van der Waals surface area contributed by atoms with Crippen LogP contribution >= 0.6 is 34.9 Å². The van der Waals surface area contributed by atoms with Crippen LogP contribution in [0, 0.1) is 5.41 Å². The molecule has 3 aliphatic heterocycles. The van der Waals surface area contributed by atoms with Crippen LogP contribution in [0.5, 0.6) is 0 Å². The Morgan fingerprint density at radius 3 is 2.76 bits per heavy atom. The monoisotopic (exact) mass is 639 g/mol. The predicted octanol–water partition coefficient (Wildman–Crippen LogP) is 0.126. The van der Waals surface area contributed by atoms with Gasteiger partial charge in [0.25, 0.3) is 11.8 Å². The standard InChI is InChI=1S/C23H29N9O7S3/c1-2-3-4-31-13(25)5-12(24)28-23(31)42-8-10-7-40-20-16(19(36)32(20)17(10)21(37)38)29-18(35)15(30-39-6-14(33)34)11-9-41-22(26)27-11/h9,13,16,20,24H,2-8,25H2,1H3,(H2,26,27)(H,29,35)(H,33,34)(H,37,38)/t13?,16?,20-/m0/s1. The first kappa shape index (κ1) is 31.3. The number of carboxylic acid groups (broad SMARTS) is 2. The molecular formula is C23H29N9O7S3. The van der Waals surface area contributed by atoms with Gasteiger partial charge in [0.15, 0.2) is 16.0 Å². The first-order valence-electron chi connectivity index (χ1n) is 12.7. The number of aromatic nitrogens is 1. The van der Waals surface area contributed by atoms with E-state index in [4.69, 9.17) is 26.8 Å². The largest absolute Gasteiger partial charge is 0.479 e. The number of fused-ring (bicyclic) bond motifs is 1. The number of nitrogens with two attached hydrogens (primary N) is 2. The number of nitrogens with zero attached hydrogens (tertiary/aromatic N) is 5. The summed E-state index contributed by atoms with van der Waals surface area (Å²) < 4.78 is 0. The number of unbranched alkanes of at least 4 members (excludes halogenated alkanes) is 1. The number of thiazole rings is 1. The summed E-state index contributed by atoms with van der Waals surface area (Å²) in [5.74, 6) is -3.46. The molecule has 2 amide bonds. The van der Waals surface area contributed by atoms with Gasteiger partial charge >= 0.3 is 11.9 Å². The van der Waals surface area contributed by atoms with E-state index in [9.17, 15) is 24.3 Å². The van der Waals surface area contributed by atoms with Gasteiger partial charge in [0.1, 0.15) is 28.6 Å². The number of amides is 2. The molecule has 2 unspecified atom stereocenters. The van der Waals surface area contributed by atoms with Crippen molar-refractivity contribution in [3.63, 3.8) is 0 Å². The number of anilines is 1. The molecule has 4 rings (SSSR count). The highest BCUT2D eigenvalue weighted by molar-refractivity contribution is 8.14. The van der Waals surface area contributed by atoms with Crippen LogP contribution in [0.3, 0.4) is 0 Å². The van der Waals surface area contributed by atoms with Crippen LogP contribution in [0.1, 0.15) is 31.9 Å². The molecule has 42 heavy (non-hydrogen) atoms. The minimum Gasteiger partial charge on any atom is -0.479 e. The van der Waals surface area contributed by atoms with Crippen molar-refractivity contribution in [3.8, 4) is 0 Å². The summed E-state index contributed by atoms with van der Waals surface area (Å²) in [6, 6.07) is -1.07. The maximum atomic E-state index is 13.2. The average molecular weight is 640 g/mol. The van der Waals surface area contributed by atoms with Crippen LogP contribution in [0.15, 0.2) is 26.8 Å². The van der Waals surface area contributed by atoms with Crippen molar-refractivity contribution in [2.45, 2.75) is 43.8 Å². The Kier molecular flexibility index (Phi) is 10.1. The smallest absolute Gasteiger partial charge is 0.352 e. The molecule has 3 aliphatic rings. The molecule has 1 aromatic heterocycles. The van der Waals surface area contributed by atoms with E-state index in [1.54, 1.807) is 0 Å². The van der Waals surface area contributed by atoms with Gasteiger partial charge in [-0.1, -0.05) is 30.3 Å². The van der Waals surface area contributed by atoms with Gasteiger partial charge in [0.05, 0.1) is 6.17 Å². The highest BCUT2D eigenvalue weighted by Gasteiger charge is 2.54. The van der Waals surface area contributed by atoms with E-state index in [0.29, 0.717) is 23.7 Å². The molecule has 1 aromatic rings. The fourth-order valence-electron chi connectivity index (χ4n) is 4.29. The van der Waals surface area contributed by atoms with Crippen LogP contribution in [-0.2, 0) is 24.0 Å². The van der Waals surface area contributed by atoms with Crippen molar-refractivity contribution < 1.29 is 34.2 Å². The van der Waals surface area contributed by atoms with Gasteiger partial charge in [-0.15, -0.1) is 23.1 Å². The van der Waals surface area contributed by atoms with Gasteiger partial charge in [0, 0.05) is 29.9 Å². The molecule has 226 valence electrons. The molecule has 4 heterocycles. The molecule has 0 radical (unpaired) electrons. The molecule has 0 aliphatic carbocycles. The van der Waals surface area contributed by atoms with Gasteiger partial charge in [-0.3, -0.25) is 19.9 Å². The molecule has 16 nitrogen and oxygen atoms in total. The first-order valence-corrected chi connectivity index (χ1v) is 15.6. The number of oxime groups is 1. The molecule has 0 aromatic carbocycles. The van der Waals surface area contributed by atoms with Crippen molar-refractivity contribution in [2.75, 3.05) is 30.4 Å². The second-order valence-electron chi connectivity index (χ2n) is 9.24. The summed E-state index contributed by atoms with van der Waals surface area (Å²) in [4.78, 5) is 65.4. The van der Waals surface area contributed by atoms with E-state index < -0.39 is 47.9 Å². The lowest BCUT2D eigenvalue weighted by Gasteiger charge is -2.49. The zero-order chi connectivity index (χ0) is 30.6. The summed E-state index contributed by atoms with van der Waals surface area (Å²) >= 11 is 3.58. The molecule has 0 spiro atoms. The van der Waals surface area contributed by atoms with Crippen LogP contribution in [0.4, 0.5) is 5.13 Å². The summed E-state index contributed by atoms with van der Waals surface area (Å²) in [5, 5.41) is 34.4. The Labute approximate surface area is 252 Å². The number of carbonyl (C=O) groups is 4. The quantitative estimate of drug-likeness (QED) is 0.101. The van der Waals surface area contributed by atoms with E-state index in [2.05, 4.69) is 27.4 Å².